The molecule has 9 nitrogen and oxygen atoms in total. The number of carbonyl (C=O) groups is 2. The number of fused-ring (bicyclic) bond motifs is 1. The van der Waals surface area contributed by atoms with Gasteiger partial charge in [-0.15, -0.1) is 0 Å². The Morgan fingerprint density at radius 3 is 2.38 bits per heavy atom. The predicted octanol–water partition coefficient (Wildman–Crippen LogP) is 2.17. The van der Waals surface area contributed by atoms with E-state index in [0.29, 0.717) is 30.4 Å². The van der Waals surface area contributed by atoms with Crippen molar-refractivity contribution >= 4 is 27.5 Å². The highest BCUT2D eigenvalue weighted by Crippen LogP contribution is 2.34. The Morgan fingerprint density at radius 2 is 1.74 bits per heavy atom. The molecule has 2 amide bonds. The molecule has 1 aliphatic heterocycles. The summed E-state index contributed by atoms with van der Waals surface area (Å²) in [6, 6.07) is 13.7. The van der Waals surface area contributed by atoms with Gasteiger partial charge in [0, 0.05) is 32.6 Å². The first-order valence-electron chi connectivity index (χ1n) is 11.1. The van der Waals surface area contributed by atoms with Crippen molar-refractivity contribution in [2.45, 2.75) is 32.4 Å². The number of hydrogen-bond acceptors (Lipinski definition) is 6. The highest BCUT2D eigenvalue weighted by molar-refractivity contribution is 7.92. The molecule has 1 atom stereocenters. The van der Waals surface area contributed by atoms with Crippen LogP contribution >= 0.6 is 0 Å². The number of carbonyl (C=O) groups excluding carboxylic acids is 2. The summed E-state index contributed by atoms with van der Waals surface area (Å²) in [7, 11) is -2.07. The average molecular weight is 490 g/mol. The molecule has 184 valence electrons. The van der Waals surface area contributed by atoms with Gasteiger partial charge in [-0.1, -0.05) is 30.3 Å². The normalized spacial score (nSPS) is 13.6. The van der Waals surface area contributed by atoms with Gasteiger partial charge in [0.2, 0.25) is 21.8 Å². The molecule has 0 aliphatic carbocycles. The van der Waals surface area contributed by atoms with Crippen molar-refractivity contribution in [3.05, 3.63) is 54.1 Å². The molecule has 10 heteroatoms. The average Bonchev–Trinajstić information content (AvgIpc) is 2.83. The molecular weight excluding hydrogens is 458 g/mol. The zero-order valence-electron chi connectivity index (χ0n) is 19.7. The standard InChI is InChI=1S/C24H31N3O6S/c1-18(24(29)25-2)26(17-19-8-5-4-6-9-19)23(28)10-7-13-27(34(3,30)31)20-11-12-21-22(16-20)33-15-14-32-21/h4-6,8-9,11-12,16,18H,7,10,13-15,17H2,1-3H3,(H,25,29). The molecule has 0 bridgehead atoms. The monoisotopic (exact) mass is 489 g/mol. The minimum atomic E-state index is -3.60. The molecule has 1 heterocycles. The number of benzene rings is 2. The fraction of sp³-hybridized carbons (Fsp3) is 0.417. The summed E-state index contributed by atoms with van der Waals surface area (Å²) >= 11 is 0. The van der Waals surface area contributed by atoms with E-state index in [1.807, 2.05) is 30.3 Å². The van der Waals surface area contributed by atoms with Gasteiger partial charge in [-0.3, -0.25) is 13.9 Å². The fourth-order valence-electron chi connectivity index (χ4n) is 3.76. The lowest BCUT2D eigenvalue weighted by Gasteiger charge is -2.29. The number of rotatable bonds is 10. The zero-order valence-corrected chi connectivity index (χ0v) is 20.5. The molecule has 1 N–H and O–H groups in total. The number of nitrogens with zero attached hydrogens (tertiary/aromatic N) is 2. The Hall–Kier alpha value is -3.27. The first-order valence-corrected chi connectivity index (χ1v) is 13.0. The van der Waals surface area contributed by atoms with Crippen LogP contribution in [-0.2, 0) is 26.2 Å². The molecule has 2 aromatic carbocycles. The van der Waals surface area contributed by atoms with Crippen LogP contribution < -0.4 is 19.1 Å². The molecule has 2 aromatic rings. The van der Waals surface area contributed by atoms with Crippen LogP contribution in [0, 0.1) is 0 Å². The van der Waals surface area contributed by atoms with Crippen molar-refractivity contribution in [3.8, 4) is 11.5 Å². The van der Waals surface area contributed by atoms with Crippen LogP contribution in [-0.4, -0.2) is 64.2 Å². The lowest BCUT2D eigenvalue weighted by molar-refractivity contribution is -0.140. The van der Waals surface area contributed by atoms with Gasteiger partial charge in [-0.05, 0) is 31.0 Å². The number of ether oxygens (including phenoxy) is 2. The summed E-state index contributed by atoms with van der Waals surface area (Å²) in [6.45, 7) is 2.91. The molecule has 34 heavy (non-hydrogen) atoms. The van der Waals surface area contributed by atoms with Gasteiger partial charge >= 0.3 is 0 Å². The van der Waals surface area contributed by atoms with Gasteiger partial charge in [0.25, 0.3) is 0 Å². The molecule has 3 rings (SSSR count). The molecule has 1 aliphatic rings. The van der Waals surface area contributed by atoms with Crippen LogP contribution in [0.1, 0.15) is 25.3 Å². The first-order chi connectivity index (χ1) is 16.2. The Labute approximate surface area is 200 Å². The number of anilines is 1. The number of likely N-dealkylation sites (N-methyl/N-ethyl adjacent to an activating group) is 1. The third-order valence-corrected chi connectivity index (χ3v) is 6.77. The maximum atomic E-state index is 13.1. The van der Waals surface area contributed by atoms with Crippen LogP contribution in [0.5, 0.6) is 11.5 Å². The third kappa shape index (κ3) is 6.40. The Morgan fingerprint density at radius 1 is 1.06 bits per heavy atom. The highest BCUT2D eigenvalue weighted by Gasteiger charge is 2.26. The molecule has 0 saturated heterocycles. The van der Waals surface area contributed by atoms with E-state index in [1.165, 1.54) is 16.3 Å². The Bertz CT molecular complexity index is 1110. The van der Waals surface area contributed by atoms with Gasteiger partial charge in [-0.25, -0.2) is 8.42 Å². The zero-order chi connectivity index (χ0) is 24.7. The lowest BCUT2D eigenvalue weighted by atomic mass is 10.1. The van der Waals surface area contributed by atoms with Crippen LogP contribution in [0.15, 0.2) is 48.5 Å². The molecule has 0 radical (unpaired) electrons. The van der Waals surface area contributed by atoms with Crippen LogP contribution in [0.2, 0.25) is 0 Å². The van der Waals surface area contributed by atoms with E-state index in [9.17, 15) is 18.0 Å². The summed E-state index contributed by atoms with van der Waals surface area (Å²) in [6.07, 6.45) is 1.50. The topological polar surface area (TPSA) is 105 Å². The van der Waals surface area contributed by atoms with Crippen LogP contribution in [0.4, 0.5) is 5.69 Å². The number of sulfonamides is 1. The smallest absolute Gasteiger partial charge is 0.242 e. The van der Waals surface area contributed by atoms with E-state index in [-0.39, 0.29) is 37.7 Å². The van der Waals surface area contributed by atoms with Crippen molar-refractivity contribution in [1.82, 2.24) is 10.2 Å². The maximum Gasteiger partial charge on any atom is 0.242 e. The number of amides is 2. The number of nitrogens with one attached hydrogen (secondary N) is 1. The van der Waals surface area contributed by atoms with Crippen LogP contribution in [0.3, 0.4) is 0 Å². The second-order valence-electron chi connectivity index (χ2n) is 8.06. The predicted molar refractivity (Wildman–Crippen MR) is 129 cm³/mol. The van der Waals surface area contributed by atoms with Gasteiger partial charge < -0.3 is 19.7 Å². The summed E-state index contributed by atoms with van der Waals surface area (Å²) < 4.78 is 37.3. The fourth-order valence-corrected chi connectivity index (χ4v) is 4.72. The maximum absolute atomic E-state index is 13.1. The second-order valence-corrected chi connectivity index (χ2v) is 9.97. The van der Waals surface area contributed by atoms with Crippen molar-refractivity contribution in [3.63, 3.8) is 0 Å². The van der Waals surface area contributed by atoms with E-state index in [1.54, 1.807) is 25.1 Å². The van der Waals surface area contributed by atoms with Crippen LogP contribution in [0.25, 0.3) is 0 Å². The van der Waals surface area contributed by atoms with Gasteiger partial charge in [-0.2, -0.15) is 0 Å². The van der Waals surface area contributed by atoms with Crippen molar-refractivity contribution in [2.75, 3.05) is 37.4 Å². The Kier molecular flexibility index (Phi) is 8.38. The molecule has 0 aromatic heterocycles. The SMILES string of the molecule is CNC(=O)C(C)N(Cc1ccccc1)C(=O)CCCN(c1ccc2c(c1)OCCO2)S(C)(=O)=O. The van der Waals surface area contributed by atoms with Gasteiger partial charge in [0.15, 0.2) is 11.5 Å². The van der Waals surface area contributed by atoms with Crippen molar-refractivity contribution in [2.24, 2.45) is 0 Å². The quantitative estimate of drug-likeness (QED) is 0.548. The molecule has 1 unspecified atom stereocenters. The Balaban J connectivity index is 1.71. The van der Waals surface area contributed by atoms with E-state index in [0.717, 1.165) is 11.8 Å². The summed E-state index contributed by atoms with van der Waals surface area (Å²) in [5.41, 5.74) is 1.35. The third-order valence-electron chi connectivity index (χ3n) is 5.58. The minimum absolute atomic E-state index is 0.0880. The molecule has 0 spiro atoms. The van der Waals surface area contributed by atoms with E-state index >= 15 is 0 Å². The molecular formula is C24H31N3O6S. The van der Waals surface area contributed by atoms with Crippen molar-refractivity contribution < 1.29 is 27.5 Å². The summed E-state index contributed by atoms with van der Waals surface area (Å²) in [5.74, 6) is 0.564. The van der Waals surface area contributed by atoms with Crippen molar-refractivity contribution in [1.29, 1.82) is 0 Å². The summed E-state index contributed by atoms with van der Waals surface area (Å²) in [5, 5.41) is 2.58. The van der Waals surface area contributed by atoms with Gasteiger partial charge in [0.1, 0.15) is 19.3 Å². The van der Waals surface area contributed by atoms with E-state index < -0.39 is 16.1 Å². The summed E-state index contributed by atoms with van der Waals surface area (Å²) in [4.78, 5) is 26.9. The van der Waals surface area contributed by atoms with E-state index in [2.05, 4.69) is 5.32 Å². The first kappa shape index (κ1) is 25.4. The highest BCUT2D eigenvalue weighted by atomic mass is 32.2. The molecule has 0 fully saturated rings. The number of hydrogen-bond donors (Lipinski definition) is 1. The van der Waals surface area contributed by atoms with Gasteiger partial charge in [0.05, 0.1) is 11.9 Å². The largest absolute Gasteiger partial charge is 0.486 e. The van der Waals surface area contributed by atoms with E-state index in [4.69, 9.17) is 9.47 Å². The molecule has 0 saturated carbocycles. The second kappa shape index (κ2) is 11.2. The lowest BCUT2D eigenvalue weighted by Crippen LogP contribution is -2.46. The minimum Gasteiger partial charge on any atom is -0.486 e.